The fraction of sp³-hybridized carbons (Fsp3) is 0.375. The maximum absolute atomic E-state index is 13.2. The molecule has 31 heavy (non-hydrogen) atoms. The van der Waals surface area contributed by atoms with Crippen molar-refractivity contribution in [2.45, 2.75) is 12.8 Å². The molecule has 1 aromatic carbocycles. The number of benzene rings is 1. The molecule has 0 spiro atoms. The molecule has 1 aromatic heterocycles. The molecule has 6 unspecified atom stereocenters. The van der Waals surface area contributed by atoms with Crippen LogP contribution >= 0.6 is 11.6 Å². The summed E-state index contributed by atoms with van der Waals surface area (Å²) >= 11 is 5.80. The molecule has 2 aromatic rings. The average Bonchev–Trinajstić information content (AvgIpc) is 3.55. The van der Waals surface area contributed by atoms with Crippen molar-refractivity contribution < 1.29 is 18.7 Å². The summed E-state index contributed by atoms with van der Waals surface area (Å²) in [6.07, 6.45) is 7.55. The molecular weight excluding hydrogens is 419 g/mol. The molecule has 0 N–H and O–H groups in total. The normalized spacial score (nSPS) is 32.3. The number of halogens is 2. The SMILES string of the molecule is O=C1C2C3C=CC(C4CC34)C2C(=O)N1c1ccc(OCCc2ccc(F)c(Cl)c2)cn1. The highest BCUT2D eigenvalue weighted by Crippen LogP contribution is 2.65. The molecule has 0 radical (unpaired) electrons. The molecule has 2 amide bonds. The van der Waals surface area contributed by atoms with Gasteiger partial charge < -0.3 is 4.74 Å². The Hall–Kier alpha value is -2.73. The highest BCUT2D eigenvalue weighted by atomic mass is 35.5. The number of imide groups is 1. The Morgan fingerprint density at radius 2 is 1.77 bits per heavy atom. The first-order valence-electron chi connectivity index (χ1n) is 10.6. The Bertz CT molecular complexity index is 1080. The van der Waals surface area contributed by atoms with Crippen molar-refractivity contribution in [2.24, 2.45) is 35.5 Å². The highest BCUT2D eigenvalue weighted by Gasteiger charge is 2.67. The number of carbonyl (C=O) groups is 2. The van der Waals surface area contributed by atoms with E-state index in [9.17, 15) is 14.0 Å². The molecule has 7 heteroatoms. The Labute approximate surface area is 183 Å². The molecule has 158 valence electrons. The Morgan fingerprint density at radius 1 is 1.06 bits per heavy atom. The summed E-state index contributed by atoms with van der Waals surface area (Å²) in [7, 11) is 0. The highest BCUT2D eigenvalue weighted by molar-refractivity contribution is 6.30. The topological polar surface area (TPSA) is 59.5 Å². The number of amides is 2. The van der Waals surface area contributed by atoms with Crippen LogP contribution in [0.5, 0.6) is 5.75 Å². The molecule has 6 atom stereocenters. The van der Waals surface area contributed by atoms with Crippen molar-refractivity contribution >= 4 is 29.2 Å². The van der Waals surface area contributed by atoms with Crippen LogP contribution in [0.1, 0.15) is 12.0 Å². The largest absolute Gasteiger partial charge is 0.492 e. The van der Waals surface area contributed by atoms with Gasteiger partial charge in [-0.1, -0.05) is 29.8 Å². The van der Waals surface area contributed by atoms with E-state index in [1.54, 1.807) is 24.3 Å². The van der Waals surface area contributed by atoms with E-state index in [-0.39, 0.29) is 40.5 Å². The second-order valence-corrected chi connectivity index (χ2v) is 9.27. The third kappa shape index (κ3) is 2.92. The minimum atomic E-state index is -0.446. The van der Waals surface area contributed by atoms with Crippen LogP contribution in [0, 0.1) is 41.3 Å². The van der Waals surface area contributed by atoms with Crippen LogP contribution < -0.4 is 9.64 Å². The quantitative estimate of drug-likeness (QED) is 0.522. The summed E-state index contributed by atoms with van der Waals surface area (Å²) in [5.74, 6) is 1.30. The summed E-state index contributed by atoms with van der Waals surface area (Å²) in [6.45, 7) is 0.368. The summed E-state index contributed by atoms with van der Waals surface area (Å²) in [6, 6.07) is 7.96. The van der Waals surface area contributed by atoms with Gasteiger partial charge in [0.1, 0.15) is 17.4 Å². The molecule has 3 fully saturated rings. The van der Waals surface area contributed by atoms with Crippen LogP contribution in [0.2, 0.25) is 5.02 Å². The number of allylic oxidation sites excluding steroid dienone is 2. The van der Waals surface area contributed by atoms with E-state index in [0.717, 1.165) is 12.0 Å². The maximum atomic E-state index is 13.2. The molecule has 5 nitrogen and oxygen atoms in total. The van der Waals surface area contributed by atoms with Gasteiger partial charge in [-0.15, -0.1) is 0 Å². The van der Waals surface area contributed by atoms with Gasteiger partial charge in [0.25, 0.3) is 0 Å². The minimum absolute atomic E-state index is 0.0879. The Morgan fingerprint density at radius 3 is 2.39 bits per heavy atom. The second-order valence-electron chi connectivity index (χ2n) is 8.87. The van der Waals surface area contributed by atoms with Crippen molar-refractivity contribution in [1.82, 2.24) is 4.98 Å². The summed E-state index contributed by atoms with van der Waals surface area (Å²) in [4.78, 5) is 31.9. The van der Waals surface area contributed by atoms with Crippen LogP contribution in [0.3, 0.4) is 0 Å². The molecule has 4 aliphatic carbocycles. The van der Waals surface area contributed by atoms with Gasteiger partial charge in [0.2, 0.25) is 11.8 Å². The number of anilines is 1. The summed E-state index contributed by atoms with van der Waals surface area (Å²) in [5.41, 5.74) is 0.869. The zero-order valence-corrected chi connectivity index (χ0v) is 17.3. The number of nitrogens with zero attached hydrogens (tertiary/aromatic N) is 2. The van der Waals surface area contributed by atoms with Crippen molar-refractivity contribution in [1.29, 1.82) is 0 Å². The van der Waals surface area contributed by atoms with E-state index in [1.165, 1.54) is 17.2 Å². The predicted molar refractivity (Wildman–Crippen MR) is 112 cm³/mol. The van der Waals surface area contributed by atoms with E-state index in [4.69, 9.17) is 16.3 Å². The first kappa shape index (κ1) is 19.0. The lowest BCUT2D eigenvalue weighted by Crippen LogP contribution is -2.40. The van der Waals surface area contributed by atoms with Crippen molar-refractivity contribution in [3.63, 3.8) is 0 Å². The van der Waals surface area contributed by atoms with Crippen LogP contribution in [0.15, 0.2) is 48.7 Å². The first-order chi connectivity index (χ1) is 15.0. The van der Waals surface area contributed by atoms with E-state index in [1.807, 2.05) is 0 Å². The fourth-order valence-electron chi connectivity index (χ4n) is 5.75. The smallest absolute Gasteiger partial charge is 0.239 e. The number of pyridine rings is 1. The fourth-order valence-corrected chi connectivity index (χ4v) is 5.96. The monoisotopic (exact) mass is 438 g/mol. The van der Waals surface area contributed by atoms with Gasteiger partial charge in [0.15, 0.2) is 0 Å². The van der Waals surface area contributed by atoms with E-state index >= 15 is 0 Å². The third-order valence-electron chi connectivity index (χ3n) is 7.26. The van der Waals surface area contributed by atoms with Crippen LogP contribution in [-0.2, 0) is 16.0 Å². The van der Waals surface area contributed by atoms with E-state index in [2.05, 4.69) is 17.1 Å². The van der Waals surface area contributed by atoms with Gasteiger partial charge in [-0.3, -0.25) is 9.59 Å². The number of carbonyl (C=O) groups excluding carboxylic acids is 2. The number of aromatic nitrogens is 1. The number of ether oxygens (including phenoxy) is 1. The summed E-state index contributed by atoms with van der Waals surface area (Å²) in [5, 5.41) is 0.0879. The van der Waals surface area contributed by atoms with Crippen molar-refractivity contribution in [3.05, 3.63) is 65.1 Å². The third-order valence-corrected chi connectivity index (χ3v) is 7.55. The van der Waals surface area contributed by atoms with Gasteiger partial charge in [-0.2, -0.15) is 0 Å². The molecule has 1 aliphatic heterocycles. The lowest BCUT2D eigenvalue weighted by atomic mass is 9.63. The summed E-state index contributed by atoms with van der Waals surface area (Å²) < 4.78 is 19.0. The Kier molecular flexibility index (Phi) is 4.22. The molecule has 7 rings (SSSR count). The lowest BCUT2D eigenvalue weighted by molar-refractivity contribution is -0.124. The van der Waals surface area contributed by atoms with Gasteiger partial charge in [-0.25, -0.2) is 14.3 Å². The second kappa shape index (κ2) is 6.89. The van der Waals surface area contributed by atoms with Gasteiger partial charge in [-0.05, 0) is 59.9 Å². The van der Waals surface area contributed by atoms with Crippen LogP contribution in [0.4, 0.5) is 10.2 Å². The predicted octanol–water partition coefficient (Wildman–Crippen LogP) is 4.05. The number of hydrogen-bond acceptors (Lipinski definition) is 4. The number of rotatable bonds is 5. The lowest BCUT2D eigenvalue weighted by Gasteiger charge is -2.37. The zero-order valence-electron chi connectivity index (χ0n) is 16.6. The Balaban J connectivity index is 1.13. The van der Waals surface area contributed by atoms with Crippen molar-refractivity contribution in [3.8, 4) is 5.75 Å². The van der Waals surface area contributed by atoms with Gasteiger partial charge in [0, 0.05) is 6.42 Å². The first-order valence-corrected chi connectivity index (χ1v) is 11.0. The standard InChI is InChI=1S/C24H20ClFN2O3/c25-18-9-12(1-5-19(18)26)7-8-31-13-2-6-20(27-11-13)28-23(29)21-14-3-4-15(17-10-16(14)17)22(21)24(28)30/h1-6,9,11,14-17,21-22H,7-8,10H2. The minimum Gasteiger partial charge on any atom is -0.492 e. The molecule has 2 bridgehead atoms. The van der Waals surface area contributed by atoms with Gasteiger partial charge in [0.05, 0.1) is 29.7 Å². The average molecular weight is 439 g/mol. The van der Waals surface area contributed by atoms with E-state index in [0.29, 0.717) is 36.4 Å². The zero-order chi connectivity index (χ0) is 21.3. The van der Waals surface area contributed by atoms with Crippen molar-refractivity contribution in [2.75, 3.05) is 11.5 Å². The van der Waals surface area contributed by atoms with Gasteiger partial charge >= 0.3 is 0 Å². The number of hydrogen-bond donors (Lipinski definition) is 0. The maximum Gasteiger partial charge on any atom is 0.239 e. The van der Waals surface area contributed by atoms with Crippen LogP contribution in [-0.4, -0.2) is 23.4 Å². The molecular formula is C24H20ClFN2O3. The molecule has 1 saturated heterocycles. The van der Waals surface area contributed by atoms with Crippen LogP contribution in [0.25, 0.3) is 0 Å². The molecule has 2 heterocycles. The molecule has 2 saturated carbocycles. The molecule has 5 aliphatic rings. The van der Waals surface area contributed by atoms with E-state index < -0.39 is 5.82 Å².